The Kier molecular flexibility index (Phi) is 6.99. The smallest absolute Gasteiger partial charge is 0.488 e. The first-order valence-electron chi connectivity index (χ1n) is 14.7. The molecule has 0 radical (unpaired) electrons. The average molecular weight is 663 g/mol. The second kappa shape index (κ2) is 10.5. The predicted molar refractivity (Wildman–Crippen MR) is 168 cm³/mol. The van der Waals surface area contributed by atoms with E-state index in [1.165, 1.54) is 36.4 Å². The topological polar surface area (TPSA) is 135 Å². The Balaban J connectivity index is 1.39. The van der Waals surface area contributed by atoms with Crippen LogP contribution in [0.3, 0.4) is 0 Å². The number of hydrogen-bond donors (Lipinski definition) is 3. The fourth-order valence-electron chi connectivity index (χ4n) is 7.74. The average Bonchev–Trinajstić information content (AvgIpc) is 3.37. The van der Waals surface area contributed by atoms with Crippen LogP contribution in [0.15, 0.2) is 78.4 Å². The van der Waals surface area contributed by atoms with Gasteiger partial charge in [0.05, 0.1) is 23.2 Å². The molecule has 3 aromatic carbocycles. The number of benzene rings is 3. The molecular weight excluding hydrogens is 637 g/mol. The Hall–Kier alpha value is -4.03. The van der Waals surface area contributed by atoms with Gasteiger partial charge in [-0.05, 0) is 73.1 Å². The molecule has 3 aromatic rings. The SMILES string of the molecule is Cc1cccc([C@H]2C3=CC[C@@H]4C(=O)N(c5cccc(B(O)O)c5)C(=O)[C@@H]4[C@@H]3C[C@@]3(Cl)C(=O)N(c4ccc(F)cc4)C(=O)[C@@]23Cl)c1O. The first kappa shape index (κ1) is 30.6. The van der Waals surface area contributed by atoms with Gasteiger partial charge in [-0.3, -0.25) is 24.1 Å². The van der Waals surface area contributed by atoms with Crippen LogP contribution in [0.1, 0.15) is 29.9 Å². The highest BCUT2D eigenvalue weighted by Crippen LogP contribution is 2.66. The number of alkyl halides is 2. The van der Waals surface area contributed by atoms with Crippen LogP contribution in [0.25, 0.3) is 0 Å². The lowest BCUT2D eigenvalue weighted by molar-refractivity contribution is -0.125. The van der Waals surface area contributed by atoms with Crippen molar-refractivity contribution in [3.05, 3.63) is 95.3 Å². The molecule has 4 amide bonds. The molecule has 0 aromatic heterocycles. The number of para-hydroxylation sites is 1. The number of phenolic OH excluding ortho intramolecular Hbond substituents is 1. The Morgan fingerprint density at radius 2 is 1.57 bits per heavy atom. The Morgan fingerprint density at radius 1 is 0.870 bits per heavy atom. The first-order valence-corrected chi connectivity index (χ1v) is 15.4. The van der Waals surface area contributed by atoms with Crippen molar-refractivity contribution in [3.63, 3.8) is 0 Å². The van der Waals surface area contributed by atoms with Crippen LogP contribution in [-0.4, -0.2) is 55.7 Å². The largest absolute Gasteiger partial charge is 0.507 e. The van der Waals surface area contributed by atoms with Gasteiger partial charge in [-0.15, -0.1) is 23.2 Å². The summed E-state index contributed by atoms with van der Waals surface area (Å²) >= 11 is 14.7. The number of rotatable bonds is 4. The second-order valence-electron chi connectivity index (χ2n) is 12.2. The van der Waals surface area contributed by atoms with Crippen LogP contribution in [0.2, 0.25) is 0 Å². The number of aromatic hydroxyl groups is 1. The molecule has 2 aliphatic heterocycles. The molecule has 2 heterocycles. The molecule has 3 N–H and O–H groups in total. The minimum atomic E-state index is -2.17. The fourth-order valence-corrected chi connectivity index (χ4v) is 8.66. The fraction of sp³-hybridized carbons (Fsp3) is 0.273. The molecule has 6 atom stereocenters. The monoisotopic (exact) mass is 662 g/mol. The van der Waals surface area contributed by atoms with Crippen LogP contribution < -0.4 is 15.3 Å². The van der Waals surface area contributed by atoms with Gasteiger partial charge in [0.1, 0.15) is 11.6 Å². The molecular formula is C33H26BCl2FN2O7. The third-order valence-corrected chi connectivity index (χ3v) is 11.3. The summed E-state index contributed by atoms with van der Waals surface area (Å²) in [7, 11) is -1.83. The van der Waals surface area contributed by atoms with E-state index < -0.39 is 70.0 Å². The lowest BCUT2D eigenvalue weighted by atomic mass is 9.56. The van der Waals surface area contributed by atoms with E-state index in [9.17, 15) is 38.7 Å². The van der Waals surface area contributed by atoms with Crippen molar-refractivity contribution >= 4 is 70.8 Å². The maximum atomic E-state index is 14.4. The Bertz CT molecular complexity index is 1890. The summed E-state index contributed by atoms with van der Waals surface area (Å²) in [6.45, 7) is 1.67. The van der Waals surface area contributed by atoms with Crippen LogP contribution >= 0.6 is 23.2 Å². The molecule has 3 fully saturated rings. The summed E-state index contributed by atoms with van der Waals surface area (Å²) in [6, 6.07) is 15.4. The first-order chi connectivity index (χ1) is 21.8. The summed E-state index contributed by atoms with van der Waals surface area (Å²) in [4.78, 5) is 54.2. The molecule has 0 bridgehead atoms. The Morgan fingerprint density at radius 3 is 2.26 bits per heavy atom. The number of fused-ring (bicyclic) bond motifs is 4. The van der Waals surface area contributed by atoms with Gasteiger partial charge in [0.25, 0.3) is 11.8 Å². The highest BCUT2D eigenvalue weighted by atomic mass is 35.5. The molecule has 13 heteroatoms. The number of anilines is 2. The number of allylic oxidation sites excluding steroid dienone is 2. The van der Waals surface area contributed by atoms with Crippen molar-refractivity contribution < 1.29 is 38.7 Å². The molecule has 0 unspecified atom stereocenters. The molecule has 2 saturated heterocycles. The maximum absolute atomic E-state index is 14.4. The molecule has 1 saturated carbocycles. The van der Waals surface area contributed by atoms with Crippen LogP contribution in [0.5, 0.6) is 5.75 Å². The van der Waals surface area contributed by atoms with E-state index in [-0.39, 0.29) is 41.0 Å². The number of hydrogen-bond acceptors (Lipinski definition) is 7. The lowest BCUT2D eigenvalue weighted by Gasteiger charge is -2.50. The maximum Gasteiger partial charge on any atom is 0.488 e. The summed E-state index contributed by atoms with van der Waals surface area (Å²) in [5, 5.41) is 30.7. The molecule has 4 aliphatic rings. The van der Waals surface area contributed by atoms with Crippen LogP contribution in [0.4, 0.5) is 15.8 Å². The standard InChI is InChI=1S/C33H26BCl2FN2O7/c1-16-4-2-7-23(27(16)40)26-21-12-13-22-25(29(42)38(28(22)41)20-6-3-5-17(14-20)34(45)46)24(21)15-32(35)30(43)39(31(44)33(26,32)36)19-10-8-18(37)9-11-19/h2-12,14,22,24-26,40,45-46H,13,15H2,1H3/t22-,24+,25-,26+,32+,33-/m0/s1. The van der Waals surface area contributed by atoms with E-state index in [1.54, 1.807) is 31.2 Å². The van der Waals surface area contributed by atoms with Crippen LogP contribution in [0, 0.1) is 30.5 Å². The van der Waals surface area contributed by atoms with Gasteiger partial charge in [0.15, 0.2) is 9.75 Å². The number of phenols is 1. The van der Waals surface area contributed by atoms with E-state index in [0.717, 1.165) is 21.9 Å². The second-order valence-corrected chi connectivity index (χ2v) is 13.5. The predicted octanol–water partition coefficient (Wildman–Crippen LogP) is 3.29. The van der Waals surface area contributed by atoms with Gasteiger partial charge in [-0.25, -0.2) is 9.29 Å². The zero-order valence-electron chi connectivity index (χ0n) is 24.2. The zero-order chi connectivity index (χ0) is 32.9. The zero-order valence-corrected chi connectivity index (χ0v) is 25.7. The number of imide groups is 2. The molecule has 234 valence electrons. The van der Waals surface area contributed by atoms with E-state index >= 15 is 0 Å². The van der Waals surface area contributed by atoms with Crippen LogP contribution in [-0.2, 0) is 19.2 Å². The number of halogens is 3. The quantitative estimate of drug-likeness (QED) is 0.169. The molecule has 2 aliphatic carbocycles. The van der Waals surface area contributed by atoms with Gasteiger partial charge in [-0.2, -0.15) is 0 Å². The van der Waals surface area contributed by atoms with E-state index in [0.29, 0.717) is 11.1 Å². The summed E-state index contributed by atoms with van der Waals surface area (Å²) < 4.78 is 13.8. The number of carbonyl (C=O) groups excluding carboxylic acids is 4. The van der Waals surface area contributed by atoms with Gasteiger partial charge >= 0.3 is 7.12 Å². The van der Waals surface area contributed by atoms with E-state index in [4.69, 9.17) is 23.2 Å². The number of carbonyl (C=O) groups is 4. The highest BCUT2D eigenvalue weighted by Gasteiger charge is 2.77. The van der Waals surface area contributed by atoms with E-state index in [2.05, 4.69) is 0 Å². The van der Waals surface area contributed by atoms with Crippen molar-refractivity contribution in [2.24, 2.45) is 17.8 Å². The Labute approximate surface area is 273 Å². The summed E-state index contributed by atoms with van der Waals surface area (Å²) in [5.74, 6) is -7.40. The lowest BCUT2D eigenvalue weighted by Crippen LogP contribution is -2.60. The number of amides is 4. The number of nitrogens with zero attached hydrogens (tertiary/aromatic N) is 2. The molecule has 0 spiro atoms. The molecule has 46 heavy (non-hydrogen) atoms. The van der Waals surface area contributed by atoms with Crippen molar-refractivity contribution in [2.75, 3.05) is 9.80 Å². The minimum absolute atomic E-state index is 0.0529. The molecule has 7 rings (SSSR count). The normalized spacial score (nSPS) is 30.3. The van der Waals surface area contributed by atoms with Crippen molar-refractivity contribution in [2.45, 2.75) is 35.4 Å². The minimum Gasteiger partial charge on any atom is -0.507 e. The van der Waals surface area contributed by atoms with Gasteiger partial charge in [0.2, 0.25) is 11.8 Å². The van der Waals surface area contributed by atoms with Gasteiger partial charge < -0.3 is 15.2 Å². The molecule has 9 nitrogen and oxygen atoms in total. The third kappa shape index (κ3) is 4.02. The van der Waals surface area contributed by atoms with Crippen molar-refractivity contribution in [3.8, 4) is 5.75 Å². The van der Waals surface area contributed by atoms with Gasteiger partial charge in [0, 0.05) is 11.5 Å². The summed E-state index contributed by atoms with van der Waals surface area (Å²) in [5.41, 5.74) is 1.50. The van der Waals surface area contributed by atoms with Crippen molar-refractivity contribution in [1.29, 1.82) is 0 Å². The van der Waals surface area contributed by atoms with Gasteiger partial charge in [-0.1, -0.05) is 42.0 Å². The third-order valence-electron chi connectivity index (χ3n) is 9.90. The van der Waals surface area contributed by atoms with E-state index in [1.807, 2.05) is 0 Å². The highest BCUT2D eigenvalue weighted by molar-refractivity contribution is 6.59. The van der Waals surface area contributed by atoms with Crippen molar-refractivity contribution in [1.82, 2.24) is 0 Å². The summed E-state index contributed by atoms with van der Waals surface area (Å²) in [6.07, 6.45) is 1.58. The number of aryl methyl sites for hydroxylation is 1.